The largest absolute Gasteiger partial charge is 0.341 e. The van der Waals surface area contributed by atoms with E-state index in [4.69, 9.17) is 0 Å². The van der Waals surface area contributed by atoms with Crippen LogP contribution < -0.4 is 0 Å². The van der Waals surface area contributed by atoms with E-state index in [1.807, 2.05) is 0 Å². The van der Waals surface area contributed by atoms with Gasteiger partial charge in [-0.05, 0) is 18.1 Å². The van der Waals surface area contributed by atoms with Gasteiger partial charge in [-0.15, -0.1) is 4.40 Å². The lowest BCUT2D eigenvalue weighted by molar-refractivity contribution is -0.126. The van der Waals surface area contributed by atoms with Crippen molar-refractivity contribution in [2.45, 2.75) is 13.8 Å². The minimum absolute atomic E-state index is 0.0237. The predicted molar refractivity (Wildman–Crippen MR) is 77.6 cm³/mol. The Bertz CT molecular complexity index is 602. The highest BCUT2D eigenvalue weighted by Crippen LogP contribution is 2.17. The first kappa shape index (κ1) is 14.8. The molecule has 2 aliphatic rings. The fraction of sp³-hybridized carbons (Fsp3) is 0.538. The average Bonchev–Trinajstić information content (AvgIpc) is 2.35. The summed E-state index contributed by atoms with van der Waals surface area (Å²) >= 11 is 0. The first-order chi connectivity index (χ1) is 9.28. The predicted octanol–water partition coefficient (Wildman–Crippen LogP) is 0.598. The van der Waals surface area contributed by atoms with Crippen molar-refractivity contribution in [1.29, 1.82) is 0 Å². The van der Waals surface area contributed by atoms with Gasteiger partial charge in [-0.3, -0.25) is 4.79 Å². The summed E-state index contributed by atoms with van der Waals surface area (Å²) in [6.45, 7) is 5.11. The van der Waals surface area contributed by atoms with E-state index in [1.165, 1.54) is 0 Å². The molecule has 7 heteroatoms. The number of carbonyl (C=O) groups excluding carboxylic acids is 1. The van der Waals surface area contributed by atoms with Crippen LogP contribution >= 0.6 is 0 Å². The maximum absolute atomic E-state index is 12.3. The molecule has 110 valence electrons. The summed E-state index contributed by atoms with van der Waals surface area (Å²) in [7, 11) is -1.59. The maximum Gasteiger partial charge on any atom is 0.256 e. The molecule has 0 saturated heterocycles. The van der Waals surface area contributed by atoms with Crippen molar-refractivity contribution in [3.8, 4) is 0 Å². The van der Waals surface area contributed by atoms with Gasteiger partial charge >= 0.3 is 0 Å². The summed E-state index contributed by atoms with van der Waals surface area (Å²) in [4.78, 5) is 15.6. The second-order valence-electron chi connectivity index (χ2n) is 5.43. The molecule has 1 amide bonds. The van der Waals surface area contributed by atoms with Crippen molar-refractivity contribution in [2.24, 2.45) is 10.3 Å². The maximum atomic E-state index is 12.3. The van der Waals surface area contributed by atoms with Gasteiger partial charge in [-0.25, -0.2) is 8.42 Å². The number of hydrogen-bond acceptors (Lipinski definition) is 4. The summed E-state index contributed by atoms with van der Waals surface area (Å²) in [6, 6.07) is 0. The molecule has 0 aromatic carbocycles. The molecule has 0 aromatic heterocycles. The van der Waals surface area contributed by atoms with Crippen molar-refractivity contribution >= 4 is 21.8 Å². The Morgan fingerprint density at radius 1 is 1.45 bits per heavy atom. The van der Waals surface area contributed by atoms with Crippen molar-refractivity contribution in [2.75, 3.05) is 25.9 Å². The van der Waals surface area contributed by atoms with Gasteiger partial charge in [0.15, 0.2) is 0 Å². The molecule has 2 rings (SSSR count). The SMILES string of the molecule is CC(C)CN(C)C(=O)C1=CN2CCS(=O)(=O)N=C2C=C1. The number of hydrogen-bond donors (Lipinski definition) is 0. The fourth-order valence-corrected chi connectivity index (χ4v) is 3.15. The number of likely N-dealkylation sites (N-methyl/N-ethyl adjacent to an activating group) is 1. The Kier molecular flexibility index (Phi) is 3.99. The standard InChI is InChI=1S/C13H19N3O3S/c1-10(2)8-15(3)13(17)11-4-5-12-14-20(18,19)7-6-16(12)9-11/h4-5,9-10H,6-8H2,1-3H3. The number of amides is 1. The van der Waals surface area contributed by atoms with Crippen molar-refractivity contribution in [3.63, 3.8) is 0 Å². The molecular weight excluding hydrogens is 278 g/mol. The number of sulfonamides is 1. The van der Waals surface area contributed by atoms with Crippen LogP contribution in [0.1, 0.15) is 13.8 Å². The number of nitrogens with zero attached hydrogens (tertiary/aromatic N) is 3. The van der Waals surface area contributed by atoms with E-state index in [1.54, 1.807) is 35.2 Å². The first-order valence-electron chi connectivity index (χ1n) is 6.53. The highest BCUT2D eigenvalue weighted by Gasteiger charge is 2.25. The number of amidine groups is 1. The van der Waals surface area contributed by atoms with E-state index in [9.17, 15) is 13.2 Å². The Labute approximate surface area is 119 Å². The van der Waals surface area contributed by atoms with Gasteiger partial charge in [0, 0.05) is 26.3 Å². The third kappa shape index (κ3) is 3.27. The minimum Gasteiger partial charge on any atom is -0.341 e. The van der Waals surface area contributed by atoms with Crippen molar-refractivity contribution in [1.82, 2.24) is 9.80 Å². The van der Waals surface area contributed by atoms with Gasteiger partial charge in [0.1, 0.15) is 5.84 Å². The third-order valence-corrected chi connectivity index (χ3v) is 4.22. The third-order valence-electron chi connectivity index (χ3n) is 3.06. The Morgan fingerprint density at radius 2 is 2.15 bits per heavy atom. The zero-order valence-electron chi connectivity index (χ0n) is 11.9. The van der Waals surface area contributed by atoms with Gasteiger partial charge in [-0.1, -0.05) is 13.8 Å². The van der Waals surface area contributed by atoms with Crippen LogP contribution in [0.2, 0.25) is 0 Å². The van der Waals surface area contributed by atoms with Crippen molar-refractivity contribution < 1.29 is 13.2 Å². The summed E-state index contributed by atoms with van der Waals surface area (Å²) < 4.78 is 26.5. The second-order valence-corrected chi connectivity index (χ2v) is 7.18. The molecule has 2 heterocycles. The molecule has 0 saturated carbocycles. The monoisotopic (exact) mass is 297 g/mol. The van der Waals surface area contributed by atoms with E-state index >= 15 is 0 Å². The first-order valence-corrected chi connectivity index (χ1v) is 8.14. The Morgan fingerprint density at radius 3 is 2.80 bits per heavy atom. The molecule has 2 aliphatic heterocycles. The summed E-state index contributed by atoms with van der Waals surface area (Å²) in [5, 5.41) is 0. The van der Waals surface area contributed by atoms with Crippen LogP contribution in [0.3, 0.4) is 0 Å². The van der Waals surface area contributed by atoms with E-state index in [0.29, 0.717) is 30.4 Å². The Balaban J connectivity index is 2.16. The average molecular weight is 297 g/mol. The normalized spacial score (nSPS) is 20.3. The number of fused-ring (bicyclic) bond motifs is 1. The summed E-state index contributed by atoms with van der Waals surface area (Å²) in [5.74, 6) is 0.681. The van der Waals surface area contributed by atoms with Gasteiger partial charge in [0.25, 0.3) is 15.9 Å². The zero-order valence-corrected chi connectivity index (χ0v) is 12.7. The van der Waals surface area contributed by atoms with E-state index in [-0.39, 0.29) is 11.7 Å². The van der Waals surface area contributed by atoms with Crippen LogP contribution in [0.15, 0.2) is 28.3 Å². The number of carbonyl (C=O) groups is 1. The highest BCUT2D eigenvalue weighted by molar-refractivity contribution is 7.90. The van der Waals surface area contributed by atoms with E-state index in [2.05, 4.69) is 18.2 Å². The molecule has 0 radical (unpaired) electrons. The smallest absolute Gasteiger partial charge is 0.256 e. The number of rotatable bonds is 3. The quantitative estimate of drug-likeness (QED) is 0.765. The summed E-state index contributed by atoms with van der Waals surface area (Å²) in [5.41, 5.74) is 0.548. The molecule has 6 nitrogen and oxygen atoms in total. The lowest BCUT2D eigenvalue weighted by Crippen LogP contribution is -2.38. The second kappa shape index (κ2) is 5.40. The van der Waals surface area contributed by atoms with Gasteiger partial charge in [-0.2, -0.15) is 0 Å². The van der Waals surface area contributed by atoms with Crippen LogP contribution in [0, 0.1) is 5.92 Å². The fourth-order valence-electron chi connectivity index (χ4n) is 2.18. The molecule has 0 unspecified atom stereocenters. The molecule has 0 N–H and O–H groups in total. The van der Waals surface area contributed by atoms with Crippen LogP contribution in [-0.4, -0.2) is 55.9 Å². The molecular formula is C13H19N3O3S. The summed E-state index contributed by atoms with van der Waals surface area (Å²) in [6.07, 6.45) is 4.87. The van der Waals surface area contributed by atoms with Crippen LogP contribution in [0.25, 0.3) is 0 Å². The molecule has 0 bridgehead atoms. The van der Waals surface area contributed by atoms with Crippen LogP contribution in [0.5, 0.6) is 0 Å². The van der Waals surface area contributed by atoms with Gasteiger partial charge in [0.05, 0.1) is 11.3 Å². The van der Waals surface area contributed by atoms with E-state index < -0.39 is 10.0 Å². The lowest BCUT2D eigenvalue weighted by Gasteiger charge is -2.28. The lowest BCUT2D eigenvalue weighted by atomic mass is 10.1. The molecule has 0 aliphatic carbocycles. The molecule has 0 aromatic rings. The molecule has 0 spiro atoms. The molecule has 0 fully saturated rings. The Hall–Kier alpha value is -1.63. The zero-order chi connectivity index (χ0) is 14.9. The topological polar surface area (TPSA) is 70.1 Å². The van der Waals surface area contributed by atoms with E-state index in [0.717, 1.165) is 0 Å². The minimum atomic E-state index is -3.35. The molecule has 0 atom stereocenters. The van der Waals surface area contributed by atoms with Crippen molar-refractivity contribution in [3.05, 3.63) is 23.9 Å². The van der Waals surface area contributed by atoms with Gasteiger partial charge < -0.3 is 9.80 Å². The molecule has 20 heavy (non-hydrogen) atoms. The highest BCUT2D eigenvalue weighted by atomic mass is 32.2. The van der Waals surface area contributed by atoms with Crippen LogP contribution in [-0.2, 0) is 14.8 Å². The van der Waals surface area contributed by atoms with Crippen LogP contribution in [0.4, 0.5) is 0 Å². The van der Waals surface area contributed by atoms with Gasteiger partial charge in [0.2, 0.25) is 0 Å².